The van der Waals surface area contributed by atoms with E-state index in [1.165, 1.54) is 9.47 Å². The average Bonchev–Trinajstić information content (AvgIpc) is 2.61. The van der Waals surface area contributed by atoms with Crippen molar-refractivity contribution in [2.24, 2.45) is 0 Å². The number of oxazole rings is 1. The lowest BCUT2D eigenvalue weighted by atomic mass is 10.3. The molecule has 5 heteroatoms. The summed E-state index contributed by atoms with van der Waals surface area (Å²) < 4.78 is 6.56. The number of hydrogen-bond acceptors (Lipinski definition) is 3. The lowest BCUT2D eigenvalue weighted by Gasteiger charge is -2.09. The SMILES string of the molecule is CN(C)C(=O)CCn1c(=O)oc2ccccc21. The highest BCUT2D eigenvalue weighted by Gasteiger charge is 2.10. The zero-order valence-electron chi connectivity index (χ0n) is 9.84. The molecule has 5 nitrogen and oxygen atoms in total. The number of para-hydroxylation sites is 2. The summed E-state index contributed by atoms with van der Waals surface area (Å²) in [6.07, 6.45) is 0.288. The van der Waals surface area contributed by atoms with E-state index in [1.807, 2.05) is 6.07 Å². The van der Waals surface area contributed by atoms with Crippen molar-refractivity contribution in [3.05, 3.63) is 34.8 Å². The van der Waals surface area contributed by atoms with E-state index in [0.29, 0.717) is 12.1 Å². The summed E-state index contributed by atoms with van der Waals surface area (Å²) >= 11 is 0. The van der Waals surface area contributed by atoms with E-state index >= 15 is 0 Å². The highest BCUT2D eigenvalue weighted by molar-refractivity contribution is 5.76. The lowest BCUT2D eigenvalue weighted by Crippen LogP contribution is -2.25. The van der Waals surface area contributed by atoms with Gasteiger partial charge in [0, 0.05) is 27.1 Å². The second-order valence-corrected chi connectivity index (χ2v) is 4.03. The Morgan fingerprint density at radius 2 is 2.06 bits per heavy atom. The van der Waals surface area contributed by atoms with Gasteiger partial charge in [0.1, 0.15) is 0 Å². The molecular weight excluding hydrogens is 220 g/mol. The maximum atomic E-state index is 11.6. The van der Waals surface area contributed by atoms with E-state index < -0.39 is 5.76 Å². The molecule has 1 heterocycles. The molecule has 0 spiro atoms. The van der Waals surface area contributed by atoms with Gasteiger partial charge in [0.05, 0.1) is 5.52 Å². The third kappa shape index (κ3) is 2.22. The minimum Gasteiger partial charge on any atom is -0.408 e. The van der Waals surface area contributed by atoms with Gasteiger partial charge in [-0.15, -0.1) is 0 Å². The number of aryl methyl sites for hydroxylation is 1. The van der Waals surface area contributed by atoms with Crippen LogP contribution in [0.1, 0.15) is 6.42 Å². The molecule has 0 aliphatic rings. The topological polar surface area (TPSA) is 55.5 Å². The van der Waals surface area contributed by atoms with Crippen LogP contribution in [0.5, 0.6) is 0 Å². The van der Waals surface area contributed by atoms with Crippen molar-refractivity contribution in [3.63, 3.8) is 0 Å². The molecule has 0 N–H and O–H groups in total. The molecule has 0 aliphatic carbocycles. The van der Waals surface area contributed by atoms with Gasteiger partial charge in [-0.25, -0.2) is 4.79 Å². The molecule has 0 radical (unpaired) electrons. The molecule has 0 fully saturated rings. The number of hydrogen-bond donors (Lipinski definition) is 0. The number of aromatic nitrogens is 1. The number of nitrogens with zero attached hydrogens (tertiary/aromatic N) is 2. The highest BCUT2D eigenvalue weighted by atomic mass is 16.4. The van der Waals surface area contributed by atoms with Crippen LogP contribution in [0.25, 0.3) is 11.1 Å². The predicted molar refractivity (Wildman–Crippen MR) is 63.8 cm³/mol. The summed E-state index contributed by atoms with van der Waals surface area (Å²) in [5, 5.41) is 0. The monoisotopic (exact) mass is 234 g/mol. The quantitative estimate of drug-likeness (QED) is 0.798. The maximum absolute atomic E-state index is 11.6. The first-order valence-corrected chi connectivity index (χ1v) is 5.38. The number of carbonyl (C=O) groups excluding carboxylic acids is 1. The largest absolute Gasteiger partial charge is 0.419 e. The summed E-state index contributed by atoms with van der Waals surface area (Å²) in [7, 11) is 3.39. The third-order valence-corrected chi connectivity index (χ3v) is 2.62. The minimum atomic E-state index is -0.419. The van der Waals surface area contributed by atoms with Crippen LogP contribution in [-0.2, 0) is 11.3 Å². The standard InChI is InChI=1S/C12H14N2O3/c1-13(2)11(15)7-8-14-9-5-3-4-6-10(9)17-12(14)16/h3-6H,7-8H2,1-2H3. The van der Waals surface area contributed by atoms with Gasteiger partial charge in [0.25, 0.3) is 0 Å². The summed E-state index contributed by atoms with van der Waals surface area (Å²) in [6.45, 7) is 0.340. The summed E-state index contributed by atoms with van der Waals surface area (Å²) in [5.41, 5.74) is 1.28. The first-order valence-electron chi connectivity index (χ1n) is 5.38. The van der Waals surface area contributed by atoms with Crippen molar-refractivity contribution in [2.45, 2.75) is 13.0 Å². The molecule has 0 saturated heterocycles. The molecule has 1 aromatic carbocycles. The smallest absolute Gasteiger partial charge is 0.408 e. The van der Waals surface area contributed by atoms with E-state index in [2.05, 4.69) is 0 Å². The van der Waals surface area contributed by atoms with Crippen LogP contribution in [0.4, 0.5) is 0 Å². The minimum absolute atomic E-state index is 0.0119. The third-order valence-electron chi connectivity index (χ3n) is 2.62. The van der Waals surface area contributed by atoms with Crippen molar-refractivity contribution < 1.29 is 9.21 Å². The van der Waals surface area contributed by atoms with E-state index in [-0.39, 0.29) is 12.3 Å². The molecule has 0 saturated carbocycles. The van der Waals surface area contributed by atoms with Crippen molar-refractivity contribution in [1.82, 2.24) is 9.47 Å². The van der Waals surface area contributed by atoms with Crippen molar-refractivity contribution in [1.29, 1.82) is 0 Å². The van der Waals surface area contributed by atoms with Crippen LogP contribution in [0, 0.1) is 0 Å². The molecule has 0 unspecified atom stereocenters. The van der Waals surface area contributed by atoms with E-state index in [1.54, 1.807) is 32.3 Å². The zero-order chi connectivity index (χ0) is 12.4. The Morgan fingerprint density at radius 3 is 2.76 bits per heavy atom. The summed E-state index contributed by atoms with van der Waals surface area (Å²) in [5.74, 6) is -0.431. The number of carbonyl (C=O) groups is 1. The number of rotatable bonds is 3. The summed E-state index contributed by atoms with van der Waals surface area (Å²) in [4.78, 5) is 24.6. The molecule has 0 bridgehead atoms. The lowest BCUT2D eigenvalue weighted by molar-refractivity contribution is -0.128. The molecule has 0 atom stereocenters. The van der Waals surface area contributed by atoms with Crippen molar-refractivity contribution in [3.8, 4) is 0 Å². The van der Waals surface area contributed by atoms with Gasteiger partial charge in [-0.05, 0) is 12.1 Å². The van der Waals surface area contributed by atoms with Gasteiger partial charge in [0.2, 0.25) is 5.91 Å². The van der Waals surface area contributed by atoms with Gasteiger partial charge in [-0.1, -0.05) is 12.1 Å². The Hall–Kier alpha value is -2.04. The molecule has 2 rings (SSSR count). The molecule has 1 aromatic heterocycles. The summed E-state index contributed by atoms with van der Waals surface area (Å²) in [6, 6.07) is 7.18. The molecule has 1 amide bonds. The van der Waals surface area contributed by atoms with Gasteiger partial charge in [-0.3, -0.25) is 9.36 Å². The molecule has 0 aliphatic heterocycles. The Morgan fingerprint density at radius 1 is 1.35 bits per heavy atom. The Labute approximate surface area is 98.2 Å². The van der Waals surface area contributed by atoms with Crippen LogP contribution in [0.15, 0.2) is 33.5 Å². The van der Waals surface area contributed by atoms with Gasteiger partial charge in [-0.2, -0.15) is 0 Å². The first-order chi connectivity index (χ1) is 8.09. The Balaban J connectivity index is 2.27. The van der Waals surface area contributed by atoms with Gasteiger partial charge < -0.3 is 9.32 Å². The molecular formula is C12H14N2O3. The maximum Gasteiger partial charge on any atom is 0.419 e. The van der Waals surface area contributed by atoms with E-state index in [4.69, 9.17) is 4.42 Å². The van der Waals surface area contributed by atoms with Crippen LogP contribution in [0.3, 0.4) is 0 Å². The van der Waals surface area contributed by atoms with Crippen LogP contribution >= 0.6 is 0 Å². The second-order valence-electron chi connectivity index (χ2n) is 4.03. The predicted octanol–water partition coefficient (Wildman–Crippen LogP) is 1.07. The van der Waals surface area contributed by atoms with Crippen LogP contribution < -0.4 is 5.76 Å². The van der Waals surface area contributed by atoms with Crippen LogP contribution in [-0.4, -0.2) is 29.5 Å². The first kappa shape index (κ1) is 11.4. The van der Waals surface area contributed by atoms with Crippen LogP contribution in [0.2, 0.25) is 0 Å². The number of amides is 1. The molecule has 17 heavy (non-hydrogen) atoms. The van der Waals surface area contributed by atoms with Crippen molar-refractivity contribution in [2.75, 3.05) is 14.1 Å². The molecule has 90 valence electrons. The van der Waals surface area contributed by atoms with Gasteiger partial charge >= 0.3 is 5.76 Å². The molecule has 2 aromatic rings. The van der Waals surface area contributed by atoms with Crippen molar-refractivity contribution >= 4 is 17.0 Å². The normalized spacial score (nSPS) is 10.7. The second kappa shape index (κ2) is 4.45. The zero-order valence-corrected chi connectivity index (χ0v) is 9.84. The number of fused-ring (bicyclic) bond motifs is 1. The fourth-order valence-electron chi connectivity index (χ4n) is 1.66. The highest BCUT2D eigenvalue weighted by Crippen LogP contribution is 2.12. The Kier molecular flexibility index (Phi) is 2.99. The number of benzene rings is 1. The fraction of sp³-hybridized carbons (Fsp3) is 0.333. The fourth-order valence-corrected chi connectivity index (χ4v) is 1.66. The van der Waals surface area contributed by atoms with E-state index in [0.717, 1.165) is 5.52 Å². The van der Waals surface area contributed by atoms with E-state index in [9.17, 15) is 9.59 Å². The average molecular weight is 234 g/mol. The van der Waals surface area contributed by atoms with Gasteiger partial charge in [0.15, 0.2) is 5.58 Å². The Bertz CT molecular complexity index is 595.